The van der Waals surface area contributed by atoms with E-state index in [1.165, 1.54) is 18.2 Å². The molecule has 0 N–H and O–H groups in total. The minimum Gasteiger partial charge on any atom is -0.493 e. The van der Waals surface area contributed by atoms with Crippen LogP contribution in [0.3, 0.4) is 0 Å². The zero-order valence-electron chi connectivity index (χ0n) is 16.8. The van der Waals surface area contributed by atoms with E-state index >= 15 is 0 Å². The van der Waals surface area contributed by atoms with Crippen LogP contribution in [0, 0.1) is 9.39 Å². The Hall–Kier alpha value is -2.91. The van der Waals surface area contributed by atoms with Gasteiger partial charge < -0.3 is 14.2 Å². The first-order valence-corrected chi connectivity index (χ1v) is 10.9. The lowest BCUT2D eigenvalue weighted by Crippen LogP contribution is -2.05. The number of cyclic esters (lactones) is 1. The summed E-state index contributed by atoms with van der Waals surface area (Å²) in [5, 5.41) is 0.659. The molecule has 0 atom stereocenters. The molecule has 3 aromatic carbocycles. The molecule has 32 heavy (non-hydrogen) atoms. The number of hydrogen-bond acceptors (Lipinski definition) is 5. The second-order valence-corrected chi connectivity index (χ2v) is 8.39. The molecule has 8 heteroatoms. The monoisotopic (exact) mass is 563 g/mol. The van der Waals surface area contributed by atoms with Crippen LogP contribution in [-0.4, -0.2) is 19.0 Å². The molecule has 0 radical (unpaired) electrons. The summed E-state index contributed by atoms with van der Waals surface area (Å²) in [6, 6.07) is 16.7. The van der Waals surface area contributed by atoms with E-state index < -0.39 is 11.8 Å². The van der Waals surface area contributed by atoms with Gasteiger partial charge in [-0.05, 0) is 82.3 Å². The average Bonchev–Trinajstić information content (AvgIpc) is 3.14. The van der Waals surface area contributed by atoms with Crippen LogP contribution >= 0.6 is 34.2 Å². The lowest BCUT2D eigenvalue weighted by atomic mass is 10.1. The Kier molecular flexibility index (Phi) is 6.76. The van der Waals surface area contributed by atoms with Gasteiger partial charge >= 0.3 is 5.97 Å². The molecule has 4 rings (SSSR count). The summed E-state index contributed by atoms with van der Waals surface area (Å²) < 4.78 is 30.9. The fraction of sp³-hybridized carbons (Fsp3) is 0.0833. The molecule has 1 aliphatic heterocycles. The number of methoxy groups -OCH3 is 1. The molecule has 1 aliphatic rings. The Morgan fingerprint density at radius 1 is 1.16 bits per heavy atom. The normalized spacial score (nSPS) is 14.3. The van der Waals surface area contributed by atoms with Gasteiger partial charge in [0, 0.05) is 10.6 Å². The minimum atomic E-state index is -0.610. The van der Waals surface area contributed by atoms with Crippen molar-refractivity contribution in [3.05, 3.63) is 97.5 Å². The summed E-state index contributed by atoms with van der Waals surface area (Å²) in [7, 11) is 1.54. The molecule has 0 unspecified atom stereocenters. The summed E-state index contributed by atoms with van der Waals surface area (Å²) in [6.45, 7) is 0.345. The number of ether oxygens (including phenoxy) is 3. The van der Waals surface area contributed by atoms with E-state index in [1.807, 2.05) is 18.2 Å². The fourth-order valence-electron chi connectivity index (χ4n) is 3.01. The van der Waals surface area contributed by atoms with Crippen molar-refractivity contribution in [3.8, 4) is 11.5 Å². The first-order valence-electron chi connectivity index (χ1n) is 9.46. The van der Waals surface area contributed by atoms with E-state index in [1.54, 1.807) is 37.5 Å². The Morgan fingerprint density at radius 3 is 2.66 bits per heavy atom. The first-order chi connectivity index (χ1) is 15.4. The van der Waals surface area contributed by atoms with E-state index in [0.29, 0.717) is 34.3 Å². The SMILES string of the molecule is COc1cc(/C=C2\N=C(c3cccc(F)c3)OC2=O)cc(I)c1OCc1ccc(Cl)cc1. The number of nitrogens with zero attached hydrogens (tertiary/aromatic N) is 1. The Bertz CT molecular complexity index is 1240. The van der Waals surface area contributed by atoms with E-state index in [2.05, 4.69) is 27.6 Å². The summed E-state index contributed by atoms with van der Waals surface area (Å²) in [5.74, 6) is 0.111. The number of esters is 1. The van der Waals surface area contributed by atoms with Gasteiger partial charge in [0.2, 0.25) is 5.90 Å². The summed E-state index contributed by atoms with van der Waals surface area (Å²) >= 11 is 8.07. The van der Waals surface area contributed by atoms with E-state index in [4.69, 9.17) is 25.8 Å². The number of aliphatic imine (C=N–C) groups is 1. The van der Waals surface area contributed by atoms with Crippen molar-refractivity contribution >= 4 is 52.1 Å². The summed E-state index contributed by atoms with van der Waals surface area (Å²) in [5.41, 5.74) is 2.14. The Morgan fingerprint density at radius 2 is 1.94 bits per heavy atom. The highest BCUT2D eigenvalue weighted by molar-refractivity contribution is 14.1. The van der Waals surface area contributed by atoms with E-state index in [9.17, 15) is 9.18 Å². The predicted octanol–water partition coefficient (Wildman–Crippen LogP) is 6.02. The largest absolute Gasteiger partial charge is 0.493 e. The van der Waals surface area contributed by atoms with Gasteiger partial charge in [-0.1, -0.05) is 29.8 Å². The van der Waals surface area contributed by atoms with Crippen LogP contribution in [0.2, 0.25) is 5.02 Å². The number of carbonyl (C=O) groups is 1. The van der Waals surface area contributed by atoms with Crippen molar-refractivity contribution in [2.24, 2.45) is 4.99 Å². The van der Waals surface area contributed by atoms with Gasteiger partial charge in [-0.3, -0.25) is 0 Å². The first kappa shape index (κ1) is 22.3. The molecule has 0 spiro atoms. The smallest absolute Gasteiger partial charge is 0.363 e. The standard InChI is InChI=1S/C24H16ClFINO4/c1-30-21-11-15(9-19(27)22(21)31-13-14-5-7-17(25)8-6-14)10-20-24(29)32-23(28-20)16-3-2-4-18(26)12-16/h2-12H,13H2,1H3/b20-10-. The van der Waals surface area contributed by atoms with Gasteiger partial charge in [0.1, 0.15) is 12.4 Å². The fourth-order valence-corrected chi connectivity index (χ4v) is 3.92. The van der Waals surface area contributed by atoms with Gasteiger partial charge in [0.25, 0.3) is 0 Å². The molecule has 0 fully saturated rings. The number of halogens is 3. The number of hydrogen-bond donors (Lipinski definition) is 0. The quantitative estimate of drug-likeness (QED) is 0.209. The van der Waals surface area contributed by atoms with E-state index in [-0.39, 0.29) is 11.6 Å². The molecule has 0 aliphatic carbocycles. The zero-order chi connectivity index (χ0) is 22.7. The second-order valence-electron chi connectivity index (χ2n) is 6.80. The van der Waals surface area contributed by atoms with Crippen LogP contribution in [0.5, 0.6) is 11.5 Å². The predicted molar refractivity (Wildman–Crippen MR) is 129 cm³/mol. The van der Waals surface area contributed by atoms with Crippen molar-refractivity contribution in [2.45, 2.75) is 6.61 Å². The highest BCUT2D eigenvalue weighted by Crippen LogP contribution is 2.35. The molecule has 0 amide bonds. The maximum Gasteiger partial charge on any atom is 0.363 e. The molecule has 0 aromatic heterocycles. The van der Waals surface area contributed by atoms with Gasteiger partial charge in [-0.2, -0.15) is 0 Å². The molecular formula is C24H16ClFINO4. The van der Waals surface area contributed by atoms with Crippen LogP contribution in [0.25, 0.3) is 6.08 Å². The van der Waals surface area contributed by atoms with Gasteiger partial charge in [0.05, 0.1) is 10.7 Å². The molecule has 5 nitrogen and oxygen atoms in total. The van der Waals surface area contributed by atoms with Crippen molar-refractivity contribution in [1.29, 1.82) is 0 Å². The molecule has 0 bridgehead atoms. The second kappa shape index (κ2) is 9.70. The van der Waals surface area contributed by atoms with Gasteiger partial charge in [0.15, 0.2) is 17.2 Å². The molecule has 162 valence electrons. The average molecular weight is 564 g/mol. The third kappa shape index (κ3) is 5.11. The van der Waals surface area contributed by atoms with Crippen LogP contribution in [-0.2, 0) is 16.1 Å². The highest BCUT2D eigenvalue weighted by Gasteiger charge is 2.24. The van der Waals surface area contributed by atoms with E-state index in [0.717, 1.165) is 9.13 Å². The third-order valence-corrected chi connectivity index (χ3v) is 5.60. The summed E-state index contributed by atoms with van der Waals surface area (Å²) in [4.78, 5) is 16.5. The molecular weight excluding hydrogens is 548 g/mol. The minimum absolute atomic E-state index is 0.0605. The third-order valence-electron chi connectivity index (χ3n) is 4.54. The molecule has 1 heterocycles. The Labute approximate surface area is 202 Å². The van der Waals surface area contributed by atoms with Crippen molar-refractivity contribution in [1.82, 2.24) is 0 Å². The van der Waals surface area contributed by atoms with Crippen LogP contribution in [0.1, 0.15) is 16.7 Å². The number of benzene rings is 3. The molecule has 3 aromatic rings. The van der Waals surface area contributed by atoms with Crippen LogP contribution < -0.4 is 9.47 Å². The topological polar surface area (TPSA) is 57.1 Å². The van der Waals surface area contributed by atoms with Crippen molar-refractivity contribution < 1.29 is 23.4 Å². The molecule has 0 saturated carbocycles. The van der Waals surface area contributed by atoms with Crippen molar-refractivity contribution in [3.63, 3.8) is 0 Å². The lowest BCUT2D eigenvalue weighted by Gasteiger charge is -2.14. The van der Waals surface area contributed by atoms with Gasteiger partial charge in [-0.25, -0.2) is 14.2 Å². The lowest BCUT2D eigenvalue weighted by molar-refractivity contribution is -0.129. The maximum absolute atomic E-state index is 13.5. The number of rotatable bonds is 6. The van der Waals surface area contributed by atoms with Crippen molar-refractivity contribution in [2.75, 3.05) is 7.11 Å². The van der Waals surface area contributed by atoms with Gasteiger partial charge in [-0.15, -0.1) is 0 Å². The molecule has 0 saturated heterocycles. The van der Waals surface area contributed by atoms with Crippen LogP contribution in [0.4, 0.5) is 4.39 Å². The zero-order valence-corrected chi connectivity index (χ0v) is 19.7. The van der Waals surface area contributed by atoms with Crippen LogP contribution in [0.15, 0.2) is 71.4 Å². The summed E-state index contributed by atoms with van der Waals surface area (Å²) in [6.07, 6.45) is 1.59. The maximum atomic E-state index is 13.5. The Balaban J connectivity index is 1.59. The highest BCUT2D eigenvalue weighted by atomic mass is 127. The number of carbonyl (C=O) groups excluding carboxylic acids is 1.